The van der Waals surface area contributed by atoms with Gasteiger partial charge in [-0.1, -0.05) is 0 Å². The third kappa shape index (κ3) is 2.77. The molecule has 2 aliphatic heterocycles. The van der Waals surface area contributed by atoms with Crippen LogP contribution in [-0.2, 0) is 6.54 Å². The highest BCUT2D eigenvalue weighted by Gasteiger charge is 2.30. The molecular weight excluding hydrogens is 248 g/mol. The van der Waals surface area contributed by atoms with Crippen LogP contribution in [0.1, 0.15) is 43.8 Å². The van der Waals surface area contributed by atoms with Crippen LogP contribution in [0.5, 0.6) is 0 Å². The fraction of sp³-hybridized carbons (Fsp3) is 0.812. The SMILES string of the molecule is c1cc2n(n1)[C@H](CCN1CCCC1)CN(CC1CC1)C2. The highest BCUT2D eigenvalue weighted by molar-refractivity contribution is 5.05. The van der Waals surface area contributed by atoms with Crippen LogP contribution in [0.4, 0.5) is 0 Å². The van der Waals surface area contributed by atoms with Crippen LogP contribution < -0.4 is 0 Å². The quantitative estimate of drug-likeness (QED) is 0.822. The zero-order chi connectivity index (χ0) is 13.4. The van der Waals surface area contributed by atoms with Gasteiger partial charge in [-0.15, -0.1) is 0 Å². The van der Waals surface area contributed by atoms with Gasteiger partial charge in [-0.3, -0.25) is 9.58 Å². The van der Waals surface area contributed by atoms with E-state index >= 15 is 0 Å². The number of aromatic nitrogens is 2. The third-order valence-electron chi connectivity index (χ3n) is 5.14. The molecule has 4 rings (SSSR count). The minimum Gasteiger partial charge on any atom is -0.303 e. The molecule has 0 amide bonds. The highest BCUT2D eigenvalue weighted by atomic mass is 15.4. The Kier molecular flexibility index (Phi) is 3.52. The smallest absolute Gasteiger partial charge is 0.0662 e. The summed E-state index contributed by atoms with van der Waals surface area (Å²) < 4.78 is 2.31. The van der Waals surface area contributed by atoms with Gasteiger partial charge in [0.05, 0.1) is 11.7 Å². The second-order valence-corrected chi connectivity index (χ2v) is 6.90. The van der Waals surface area contributed by atoms with Gasteiger partial charge < -0.3 is 4.90 Å². The summed E-state index contributed by atoms with van der Waals surface area (Å²) >= 11 is 0. The Morgan fingerprint density at radius 1 is 1.15 bits per heavy atom. The van der Waals surface area contributed by atoms with E-state index in [4.69, 9.17) is 0 Å². The normalized spacial score (nSPS) is 27.9. The molecule has 4 nitrogen and oxygen atoms in total. The van der Waals surface area contributed by atoms with Gasteiger partial charge in [0.2, 0.25) is 0 Å². The lowest BCUT2D eigenvalue weighted by Gasteiger charge is -2.34. The molecule has 2 fully saturated rings. The fourth-order valence-electron chi connectivity index (χ4n) is 3.82. The molecule has 1 saturated carbocycles. The molecule has 20 heavy (non-hydrogen) atoms. The molecule has 0 bridgehead atoms. The van der Waals surface area contributed by atoms with Crippen LogP contribution in [0, 0.1) is 5.92 Å². The van der Waals surface area contributed by atoms with Crippen molar-refractivity contribution >= 4 is 0 Å². The van der Waals surface area contributed by atoms with Gasteiger partial charge >= 0.3 is 0 Å². The maximum Gasteiger partial charge on any atom is 0.0662 e. The monoisotopic (exact) mass is 274 g/mol. The molecule has 1 saturated heterocycles. The van der Waals surface area contributed by atoms with Gasteiger partial charge in [0, 0.05) is 32.4 Å². The molecule has 3 heterocycles. The van der Waals surface area contributed by atoms with E-state index in [-0.39, 0.29) is 0 Å². The first-order chi connectivity index (χ1) is 9.88. The Bertz CT molecular complexity index is 445. The summed E-state index contributed by atoms with van der Waals surface area (Å²) in [5.74, 6) is 0.990. The predicted molar refractivity (Wildman–Crippen MR) is 79.6 cm³/mol. The molecule has 1 aromatic heterocycles. The molecule has 3 aliphatic rings. The van der Waals surface area contributed by atoms with E-state index in [1.165, 1.54) is 70.5 Å². The Labute approximate surface area is 121 Å². The average molecular weight is 274 g/mol. The standard InChI is InChI=1S/C16H26N4/c1-2-9-18(8-1)10-6-16-13-19(11-14-3-4-14)12-15-5-7-17-20(15)16/h5,7,14,16H,1-4,6,8-13H2/t16-/m1/s1. The first kappa shape index (κ1) is 12.8. The van der Waals surface area contributed by atoms with Gasteiger partial charge in [0.25, 0.3) is 0 Å². The van der Waals surface area contributed by atoms with E-state index in [1.807, 2.05) is 6.20 Å². The molecule has 1 aromatic rings. The maximum absolute atomic E-state index is 4.58. The van der Waals surface area contributed by atoms with Crippen LogP contribution in [0.25, 0.3) is 0 Å². The Balaban J connectivity index is 1.40. The number of fused-ring (bicyclic) bond motifs is 1. The van der Waals surface area contributed by atoms with Crippen molar-refractivity contribution in [1.82, 2.24) is 19.6 Å². The fourth-order valence-corrected chi connectivity index (χ4v) is 3.82. The minimum atomic E-state index is 0.591. The third-order valence-corrected chi connectivity index (χ3v) is 5.14. The summed E-state index contributed by atoms with van der Waals surface area (Å²) in [4.78, 5) is 5.30. The zero-order valence-electron chi connectivity index (χ0n) is 12.4. The van der Waals surface area contributed by atoms with Crippen LogP contribution in [0.15, 0.2) is 12.3 Å². The largest absolute Gasteiger partial charge is 0.303 e. The van der Waals surface area contributed by atoms with Crippen molar-refractivity contribution in [3.05, 3.63) is 18.0 Å². The first-order valence-electron chi connectivity index (χ1n) is 8.35. The minimum absolute atomic E-state index is 0.591. The lowest BCUT2D eigenvalue weighted by Crippen LogP contribution is -2.40. The van der Waals surface area contributed by atoms with Crippen molar-refractivity contribution in [1.29, 1.82) is 0 Å². The van der Waals surface area contributed by atoms with Crippen molar-refractivity contribution in [2.24, 2.45) is 5.92 Å². The Hall–Kier alpha value is -0.870. The van der Waals surface area contributed by atoms with Crippen LogP contribution in [0.2, 0.25) is 0 Å². The summed E-state index contributed by atoms with van der Waals surface area (Å²) in [6.45, 7) is 7.50. The predicted octanol–water partition coefficient (Wildman–Crippen LogP) is 2.14. The lowest BCUT2D eigenvalue weighted by molar-refractivity contribution is 0.153. The summed E-state index contributed by atoms with van der Waals surface area (Å²) in [7, 11) is 0. The van der Waals surface area contributed by atoms with Crippen molar-refractivity contribution < 1.29 is 0 Å². The maximum atomic E-state index is 4.58. The molecule has 1 aliphatic carbocycles. The van der Waals surface area contributed by atoms with Crippen LogP contribution >= 0.6 is 0 Å². The van der Waals surface area contributed by atoms with Crippen LogP contribution in [0.3, 0.4) is 0 Å². The molecule has 110 valence electrons. The van der Waals surface area contributed by atoms with Gasteiger partial charge in [-0.2, -0.15) is 5.10 Å². The second-order valence-electron chi connectivity index (χ2n) is 6.90. The van der Waals surface area contributed by atoms with E-state index in [0.717, 1.165) is 12.5 Å². The number of rotatable bonds is 5. The summed E-state index contributed by atoms with van der Waals surface area (Å²) in [6, 6.07) is 2.80. The molecule has 1 atom stereocenters. The first-order valence-corrected chi connectivity index (χ1v) is 8.35. The molecule has 0 spiro atoms. The highest BCUT2D eigenvalue weighted by Crippen LogP contribution is 2.32. The van der Waals surface area contributed by atoms with Crippen molar-refractivity contribution in [3.8, 4) is 0 Å². The van der Waals surface area contributed by atoms with E-state index in [2.05, 4.69) is 25.6 Å². The van der Waals surface area contributed by atoms with E-state index in [0.29, 0.717) is 6.04 Å². The summed E-state index contributed by atoms with van der Waals surface area (Å²) in [5, 5.41) is 4.58. The Morgan fingerprint density at radius 2 is 2.00 bits per heavy atom. The van der Waals surface area contributed by atoms with Gasteiger partial charge in [0.1, 0.15) is 0 Å². The van der Waals surface area contributed by atoms with Crippen molar-refractivity contribution in [3.63, 3.8) is 0 Å². The molecule has 0 unspecified atom stereocenters. The van der Waals surface area contributed by atoms with E-state index in [1.54, 1.807) is 0 Å². The molecule has 0 N–H and O–H groups in total. The molecule has 4 heteroatoms. The average Bonchev–Trinajstić information content (AvgIpc) is 2.95. The van der Waals surface area contributed by atoms with Gasteiger partial charge in [0.15, 0.2) is 0 Å². The topological polar surface area (TPSA) is 24.3 Å². The summed E-state index contributed by atoms with van der Waals surface area (Å²) in [5.41, 5.74) is 1.42. The second kappa shape index (κ2) is 5.49. The number of hydrogen-bond acceptors (Lipinski definition) is 3. The van der Waals surface area contributed by atoms with Crippen LogP contribution in [-0.4, -0.2) is 52.3 Å². The number of likely N-dealkylation sites (tertiary alicyclic amines) is 1. The number of hydrogen-bond donors (Lipinski definition) is 0. The molecular formula is C16H26N4. The van der Waals surface area contributed by atoms with E-state index < -0.39 is 0 Å². The molecule has 0 radical (unpaired) electrons. The van der Waals surface area contributed by atoms with Gasteiger partial charge in [-0.05, 0) is 57.2 Å². The van der Waals surface area contributed by atoms with Crippen molar-refractivity contribution in [2.75, 3.05) is 32.7 Å². The zero-order valence-corrected chi connectivity index (χ0v) is 12.4. The van der Waals surface area contributed by atoms with E-state index in [9.17, 15) is 0 Å². The number of nitrogens with zero attached hydrogens (tertiary/aromatic N) is 4. The Morgan fingerprint density at radius 3 is 2.80 bits per heavy atom. The molecule has 0 aromatic carbocycles. The van der Waals surface area contributed by atoms with Gasteiger partial charge in [-0.25, -0.2) is 0 Å². The summed E-state index contributed by atoms with van der Waals surface area (Å²) in [6.07, 6.45) is 8.94. The lowest BCUT2D eigenvalue weighted by atomic mass is 10.1. The van der Waals surface area contributed by atoms with Crippen molar-refractivity contribution in [2.45, 2.75) is 44.7 Å².